The van der Waals surface area contributed by atoms with Crippen LogP contribution < -0.4 is 10.6 Å². The van der Waals surface area contributed by atoms with Crippen molar-refractivity contribution < 1.29 is 0 Å². The fourth-order valence-corrected chi connectivity index (χ4v) is 4.00. The molecule has 0 radical (unpaired) electrons. The van der Waals surface area contributed by atoms with Gasteiger partial charge in [0.15, 0.2) is 0 Å². The Bertz CT molecular complexity index is 1010. The van der Waals surface area contributed by atoms with Crippen LogP contribution in [0.2, 0.25) is 0 Å². The molecule has 0 atom stereocenters. The van der Waals surface area contributed by atoms with E-state index in [1.54, 1.807) is 12.4 Å². The van der Waals surface area contributed by atoms with Crippen molar-refractivity contribution in [1.29, 1.82) is 5.53 Å². The molecule has 0 aliphatic carbocycles. The summed E-state index contributed by atoms with van der Waals surface area (Å²) in [4.78, 5) is 11.0. The van der Waals surface area contributed by atoms with Gasteiger partial charge in [-0.05, 0) is 73.8 Å². The van der Waals surface area contributed by atoms with Gasteiger partial charge in [-0.25, -0.2) is 10.5 Å². The zero-order chi connectivity index (χ0) is 22.0. The zero-order valence-corrected chi connectivity index (χ0v) is 18.1. The van der Waals surface area contributed by atoms with E-state index < -0.39 is 0 Å². The lowest BCUT2D eigenvalue weighted by Crippen LogP contribution is -2.34. The van der Waals surface area contributed by atoms with Crippen LogP contribution >= 0.6 is 0 Å². The largest absolute Gasteiger partial charge is 0.384 e. The monoisotopic (exact) mass is 427 g/mol. The van der Waals surface area contributed by atoms with Gasteiger partial charge in [0.1, 0.15) is 5.82 Å². The SMILES string of the molecule is N=N/C(=C\NCc1ccccn1)CN1CCC(c2cccc(Nc3ccccn3)c2)CC1. The predicted octanol–water partition coefficient (Wildman–Crippen LogP) is 5.06. The molecule has 7 heteroatoms. The molecule has 3 aromatic rings. The third-order valence-corrected chi connectivity index (χ3v) is 5.69. The summed E-state index contributed by atoms with van der Waals surface area (Å²) in [5.74, 6) is 1.40. The first-order valence-corrected chi connectivity index (χ1v) is 11.0. The van der Waals surface area contributed by atoms with Crippen molar-refractivity contribution in [2.24, 2.45) is 5.11 Å². The van der Waals surface area contributed by atoms with E-state index in [-0.39, 0.29) is 0 Å². The fourth-order valence-electron chi connectivity index (χ4n) is 4.00. The number of nitrogens with one attached hydrogen (secondary N) is 3. The number of aromatic nitrogens is 2. The van der Waals surface area contributed by atoms with Crippen molar-refractivity contribution in [3.63, 3.8) is 0 Å². The molecule has 3 heterocycles. The summed E-state index contributed by atoms with van der Waals surface area (Å²) in [6.07, 6.45) is 7.60. The van der Waals surface area contributed by atoms with E-state index in [4.69, 9.17) is 5.53 Å². The van der Waals surface area contributed by atoms with Crippen molar-refractivity contribution in [1.82, 2.24) is 20.2 Å². The number of benzene rings is 1. The maximum atomic E-state index is 7.51. The summed E-state index contributed by atoms with van der Waals surface area (Å²) >= 11 is 0. The Morgan fingerprint density at radius 3 is 2.56 bits per heavy atom. The molecule has 32 heavy (non-hydrogen) atoms. The quantitative estimate of drug-likeness (QED) is 0.415. The van der Waals surface area contributed by atoms with E-state index in [0.717, 1.165) is 48.8 Å². The first kappa shape index (κ1) is 21.6. The van der Waals surface area contributed by atoms with Gasteiger partial charge in [0, 0.05) is 30.8 Å². The van der Waals surface area contributed by atoms with Crippen LogP contribution in [0.1, 0.15) is 30.0 Å². The summed E-state index contributed by atoms with van der Waals surface area (Å²) in [7, 11) is 0. The van der Waals surface area contributed by atoms with Gasteiger partial charge in [0.2, 0.25) is 0 Å². The minimum atomic E-state index is 0.541. The van der Waals surface area contributed by atoms with Gasteiger partial charge >= 0.3 is 0 Å². The lowest BCUT2D eigenvalue weighted by atomic mass is 9.89. The molecule has 1 aliphatic rings. The molecule has 0 saturated carbocycles. The van der Waals surface area contributed by atoms with Crippen molar-refractivity contribution in [3.05, 3.63) is 96.2 Å². The maximum Gasteiger partial charge on any atom is 0.130 e. The fraction of sp³-hybridized carbons (Fsp3) is 0.280. The average molecular weight is 428 g/mol. The van der Waals surface area contributed by atoms with Crippen molar-refractivity contribution >= 4 is 11.5 Å². The number of pyridine rings is 2. The van der Waals surface area contributed by atoms with E-state index in [2.05, 4.69) is 54.9 Å². The van der Waals surface area contributed by atoms with Crippen molar-refractivity contribution in [2.45, 2.75) is 25.3 Å². The molecule has 4 rings (SSSR count). The highest BCUT2D eigenvalue weighted by atomic mass is 15.2. The molecular formula is C25H29N7. The topological polar surface area (TPSA) is 89.3 Å². The Balaban J connectivity index is 1.27. The molecule has 164 valence electrons. The van der Waals surface area contributed by atoms with Crippen LogP contribution in [0, 0.1) is 5.53 Å². The Morgan fingerprint density at radius 2 is 1.84 bits per heavy atom. The van der Waals surface area contributed by atoms with E-state index in [9.17, 15) is 0 Å². The van der Waals surface area contributed by atoms with Crippen LogP contribution in [0.25, 0.3) is 0 Å². The minimum Gasteiger partial charge on any atom is -0.384 e. The zero-order valence-electron chi connectivity index (χ0n) is 18.1. The third kappa shape index (κ3) is 6.21. The first-order valence-electron chi connectivity index (χ1n) is 11.0. The summed E-state index contributed by atoms with van der Waals surface area (Å²) in [6, 6.07) is 20.4. The van der Waals surface area contributed by atoms with Crippen LogP contribution in [0.15, 0.2) is 90.1 Å². The third-order valence-electron chi connectivity index (χ3n) is 5.69. The molecule has 0 bridgehead atoms. The van der Waals surface area contributed by atoms with E-state index in [1.165, 1.54) is 5.56 Å². The molecule has 0 spiro atoms. The Morgan fingerprint density at radius 1 is 1.03 bits per heavy atom. The Kier molecular flexibility index (Phi) is 7.55. The molecule has 1 aliphatic heterocycles. The van der Waals surface area contributed by atoms with Gasteiger partial charge in [-0.15, -0.1) is 0 Å². The standard InChI is InChI=1S/C25H29N7/c26-31-24(18-27-17-23-7-1-3-12-28-23)19-32-14-10-20(11-15-32)21-6-5-8-22(16-21)30-25-9-2-4-13-29-25/h1-9,12-13,16,18,20,26-27H,10-11,14-15,17,19H2,(H,29,30)/b24-18-,31-26?. The highest BCUT2D eigenvalue weighted by molar-refractivity contribution is 5.57. The summed E-state index contributed by atoms with van der Waals surface area (Å²) in [6.45, 7) is 3.31. The Hall–Kier alpha value is -3.58. The second kappa shape index (κ2) is 11.2. The number of hydrogen-bond acceptors (Lipinski definition) is 7. The number of rotatable bonds is 9. The normalized spacial score (nSPS) is 15.3. The van der Waals surface area contributed by atoms with Crippen molar-refractivity contribution in [2.75, 3.05) is 25.0 Å². The van der Waals surface area contributed by atoms with Gasteiger partial charge in [-0.3, -0.25) is 9.88 Å². The number of anilines is 2. The number of piperidine rings is 1. The van der Waals surface area contributed by atoms with Crippen LogP contribution in [0.3, 0.4) is 0 Å². The molecule has 0 amide bonds. The number of likely N-dealkylation sites (tertiary alicyclic amines) is 1. The van der Waals surface area contributed by atoms with Crippen molar-refractivity contribution in [3.8, 4) is 0 Å². The minimum absolute atomic E-state index is 0.541. The van der Waals surface area contributed by atoms with Gasteiger partial charge in [-0.2, -0.15) is 5.11 Å². The van der Waals surface area contributed by atoms with Crippen LogP contribution in [0.4, 0.5) is 11.5 Å². The van der Waals surface area contributed by atoms with Crippen LogP contribution in [-0.2, 0) is 6.54 Å². The lowest BCUT2D eigenvalue weighted by Gasteiger charge is -2.32. The van der Waals surface area contributed by atoms with Gasteiger partial charge in [0.25, 0.3) is 0 Å². The van der Waals surface area contributed by atoms with Gasteiger partial charge in [-0.1, -0.05) is 24.3 Å². The molecule has 7 nitrogen and oxygen atoms in total. The number of hydrogen-bond donors (Lipinski definition) is 3. The van der Waals surface area contributed by atoms with Gasteiger partial charge < -0.3 is 10.6 Å². The molecule has 1 aromatic carbocycles. The molecule has 1 fully saturated rings. The van der Waals surface area contributed by atoms with Gasteiger partial charge in [0.05, 0.1) is 17.9 Å². The molecular weight excluding hydrogens is 398 g/mol. The van der Waals surface area contributed by atoms with E-state index >= 15 is 0 Å². The second-order valence-corrected chi connectivity index (χ2v) is 7.97. The maximum absolute atomic E-state index is 7.51. The highest BCUT2D eigenvalue weighted by Gasteiger charge is 2.21. The molecule has 3 N–H and O–H groups in total. The lowest BCUT2D eigenvalue weighted by molar-refractivity contribution is 0.227. The molecule has 1 saturated heterocycles. The molecule has 0 unspecified atom stereocenters. The number of nitrogens with zero attached hydrogens (tertiary/aromatic N) is 4. The smallest absolute Gasteiger partial charge is 0.130 e. The van der Waals surface area contributed by atoms with Crippen LogP contribution in [-0.4, -0.2) is 34.5 Å². The highest BCUT2D eigenvalue weighted by Crippen LogP contribution is 2.30. The average Bonchev–Trinajstić information content (AvgIpc) is 2.85. The van der Waals surface area contributed by atoms with E-state index in [1.807, 2.05) is 42.6 Å². The summed E-state index contributed by atoms with van der Waals surface area (Å²) in [5.41, 5.74) is 11.7. The molecule has 2 aromatic heterocycles. The van der Waals surface area contributed by atoms with Crippen LogP contribution in [0.5, 0.6) is 0 Å². The second-order valence-electron chi connectivity index (χ2n) is 7.97. The summed E-state index contributed by atoms with van der Waals surface area (Å²) < 4.78 is 0. The Labute approximate surface area is 189 Å². The first-order chi connectivity index (χ1) is 15.8. The summed E-state index contributed by atoms with van der Waals surface area (Å²) in [5, 5.41) is 10.3. The predicted molar refractivity (Wildman–Crippen MR) is 127 cm³/mol. The van der Waals surface area contributed by atoms with E-state index in [0.29, 0.717) is 19.0 Å².